The fourth-order valence-corrected chi connectivity index (χ4v) is 1.75. The van der Waals surface area contributed by atoms with Gasteiger partial charge in [-0.1, -0.05) is 0 Å². The number of urea groups is 1. The summed E-state index contributed by atoms with van der Waals surface area (Å²) in [5.41, 5.74) is -0.601. The Morgan fingerprint density at radius 1 is 1.37 bits per heavy atom. The average Bonchev–Trinajstić information content (AvgIpc) is 2.32. The third-order valence-electron chi connectivity index (χ3n) is 2.79. The fourth-order valence-electron chi connectivity index (χ4n) is 1.75. The van der Waals surface area contributed by atoms with Gasteiger partial charge in [0.05, 0.1) is 13.1 Å². The summed E-state index contributed by atoms with van der Waals surface area (Å²) in [5.74, 6) is -1.17. The maximum absolute atomic E-state index is 11.6. The Morgan fingerprint density at radius 2 is 2.00 bits per heavy atom. The van der Waals surface area contributed by atoms with Gasteiger partial charge >= 0.3 is 12.0 Å². The third-order valence-corrected chi connectivity index (χ3v) is 2.79. The van der Waals surface area contributed by atoms with Crippen LogP contribution < -0.4 is 10.6 Å². The van der Waals surface area contributed by atoms with Crippen molar-refractivity contribution >= 4 is 17.9 Å². The van der Waals surface area contributed by atoms with Crippen LogP contribution in [0.4, 0.5) is 4.79 Å². The molecule has 0 saturated carbocycles. The standard InChI is InChI=1S/C11H19N3O5/c1-11(19-5-9(16)17)6-14(7-11)10(18)13-4-3-8(15)12-2/h3-7H2,1-2H3,(H,12,15)(H,13,18)(H,16,17). The minimum atomic E-state index is -1.03. The van der Waals surface area contributed by atoms with Crippen LogP contribution in [0.1, 0.15) is 13.3 Å². The highest BCUT2D eigenvalue weighted by Gasteiger charge is 2.42. The van der Waals surface area contributed by atoms with Crippen molar-refractivity contribution in [1.82, 2.24) is 15.5 Å². The predicted molar refractivity (Wildman–Crippen MR) is 65.6 cm³/mol. The Bertz CT molecular complexity index is 365. The van der Waals surface area contributed by atoms with Gasteiger partial charge in [-0.05, 0) is 6.92 Å². The molecule has 0 atom stereocenters. The maximum Gasteiger partial charge on any atom is 0.329 e. The molecule has 8 heteroatoms. The van der Waals surface area contributed by atoms with E-state index in [1.807, 2.05) is 0 Å². The van der Waals surface area contributed by atoms with Gasteiger partial charge in [0.2, 0.25) is 5.91 Å². The Labute approximate surface area is 111 Å². The van der Waals surface area contributed by atoms with E-state index in [0.29, 0.717) is 13.1 Å². The topological polar surface area (TPSA) is 108 Å². The van der Waals surface area contributed by atoms with E-state index < -0.39 is 11.6 Å². The van der Waals surface area contributed by atoms with Crippen molar-refractivity contribution in [2.24, 2.45) is 0 Å². The molecule has 0 unspecified atom stereocenters. The number of carbonyl (C=O) groups is 3. The summed E-state index contributed by atoms with van der Waals surface area (Å²) >= 11 is 0. The zero-order valence-electron chi connectivity index (χ0n) is 11.1. The number of nitrogens with one attached hydrogen (secondary N) is 2. The van der Waals surface area contributed by atoms with E-state index in [4.69, 9.17) is 9.84 Å². The van der Waals surface area contributed by atoms with Crippen LogP contribution in [0.15, 0.2) is 0 Å². The number of ether oxygens (including phenoxy) is 1. The van der Waals surface area contributed by atoms with Crippen LogP contribution >= 0.6 is 0 Å². The number of carboxylic acid groups (broad SMARTS) is 1. The highest BCUT2D eigenvalue weighted by molar-refractivity contribution is 5.78. The number of nitrogens with zero attached hydrogens (tertiary/aromatic N) is 1. The number of carboxylic acids is 1. The van der Waals surface area contributed by atoms with Crippen LogP contribution in [0, 0.1) is 0 Å². The van der Waals surface area contributed by atoms with Crippen LogP contribution in [0.25, 0.3) is 0 Å². The molecule has 108 valence electrons. The largest absolute Gasteiger partial charge is 0.480 e. The van der Waals surface area contributed by atoms with Gasteiger partial charge < -0.3 is 25.4 Å². The molecule has 0 spiro atoms. The first-order valence-corrected chi connectivity index (χ1v) is 5.95. The van der Waals surface area contributed by atoms with Gasteiger partial charge in [0.25, 0.3) is 0 Å². The van der Waals surface area contributed by atoms with Crippen molar-refractivity contribution in [1.29, 1.82) is 0 Å². The number of hydrogen-bond acceptors (Lipinski definition) is 4. The van der Waals surface area contributed by atoms with Crippen LogP contribution in [0.3, 0.4) is 0 Å². The van der Waals surface area contributed by atoms with Gasteiger partial charge in [0.15, 0.2) is 0 Å². The summed E-state index contributed by atoms with van der Waals surface area (Å²) in [7, 11) is 1.53. The Balaban J connectivity index is 2.20. The van der Waals surface area contributed by atoms with E-state index in [-0.39, 0.29) is 31.5 Å². The lowest BCUT2D eigenvalue weighted by molar-refractivity contribution is -0.159. The minimum absolute atomic E-state index is 0.140. The van der Waals surface area contributed by atoms with Crippen LogP contribution in [-0.2, 0) is 14.3 Å². The predicted octanol–water partition coefficient (Wildman–Crippen LogP) is -0.992. The van der Waals surface area contributed by atoms with Crippen LogP contribution in [0.5, 0.6) is 0 Å². The molecule has 3 amide bonds. The first-order chi connectivity index (χ1) is 8.86. The number of rotatable bonds is 6. The Kier molecular flexibility index (Phi) is 5.11. The molecule has 1 saturated heterocycles. The lowest BCUT2D eigenvalue weighted by atomic mass is 9.97. The highest BCUT2D eigenvalue weighted by atomic mass is 16.5. The second kappa shape index (κ2) is 6.37. The average molecular weight is 273 g/mol. The van der Waals surface area contributed by atoms with Crippen molar-refractivity contribution < 1.29 is 24.2 Å². The van der Waals surface area contributed by atoms with Crippen LogP contribution in [-0.4, -0.2) is 66.8 Å². The fraction of sp³-hybridized carbons (Fsp3) is 0.727. The molecule has 0 radical (unpaired) electrons. The summed E-state index contributed by atoms with van der Waals surface area (Å²) in [6.07, 6.45) is 0.225. The third kappa shape index (κ3) is 4.74. The number of aliphatic carboxylic acids is 1. The molecular formula is C11H19N3O5. The van der Waals surface area contributed by atoms with E-state index in [0.717, 1.165) is 0 Å². The maximum atomic E-state index is 11.6. The Hall–Kier alpha value is -1.83. The molecule has 1 rings (SSSR count). The molecular weight excluding hydrogens is 254 g/mol. The van der Waals surface area contributed by atoms with Crippen molar-refractivity contribution in [3.8, 4) is 0 Å². The number of carbonyl (C=O) groups excluding carboxylic acids is 2. The highest BCUT2D eigenvalue weighted by Crippen LogP contribution is 2.24. The smallest absolute Gasteiger partial charge is 0.329 e. The summed E-state index contributed by atoms with van der Waals surface area (Å²) in [4.78, 5) is 34.5. The van der Waals surface area contributed by atoms with E-state index in [9.17, 15) is 14.4 Å². The van der Waals surface area contributed by atoms with Crippen molar-refractivity contribution in [3.05, 3.63) is 0 Å². The van der Waals surface area contributed by atoms with Crippen LogP contribution in [0.2, 0.25) is 0 Å². The molecule has 19 heavy (non-hydrogen) atoms. The molecule has 0 aliphatic carbocycles. The molecule has 3 N–H and O–H groups in total. The molecule has 1 aliphatic rings. The number of hydrogen-bond donors (Lipinski definition) is 3. The summed E-state index contributed by atoms with van der Waals surface area (Å²) in [6.45, 7) is 2.33. The first-order valence-electron chi connectivity index (χ1n) is 5.95. The van der Waals surface area contributed by atoms with Gasteiger partial charge in [0.1, 0.15) is 12.2 Å². The molecule has 0 aromatic heterocycles. The summed E-state index contributed by atoms with van der Waals surface area (Å²) < 4.78 is 5.18. The Morgan fingerprint density at radius 3 is 2.53 bits per heavy atom. The second-order valence-corrected chi connectivity index (χ2v) is 4.64. The molecule has 0 aromatic rings. The van der Waals surface area contributed by atoms with E-state index >= 15 is 0 Å². The van der Waals surface area contributed by atoms with Gasteiger partial charge in [-0.2, -0.15) is 0 Å². The summed E-state index contributed by atoms with van der Waals surface area (Å²) in [5, 5.41) is 13.6. The molecule has 0 bridgehead atoms. The molecule has 0 aromatic carbocycles. The molecule has 1 fully saturated rings. The van der Waals surface area contributed by atoms with Crippen molar-refractivity contribution in [2.45, 2.75) is 18.9 Å². The summed E-state index contributed by atoms with van der Waals surface area (Å²) in [6, 6.07) is -0.277. The quantitative estimate of drug-likeness (QED) is 0.576. The molecule has 1 aliphatic heterocycles. The van der Waals surface area contributed by atoms with E-state index in [1.54, 1.807) is 6.92 Å². The SMILES string of the molecule is CNC(=O)CCNC(=O)N1CC(C)(OCC(=O)O)C1. The van der Waals surface area contributed by atoms with Crippen molar-refractivity contribution in [2.75, 3.05) is 33.3 Å². The monoisotopic (exact) mass is 273 g/mol. The lowest BCUT2D eigenvalue weighted by Crippen LogP contribution is -2.65. The number of amides is 3. The van der Waals surface area contributed by atoms with Gasteiger partial charge in [-0.15, -0.1) is 0 Å². The minimum Gasteiger partial charge on any atom is -0.480 e. The van der Waals surface area contributed by atoms with Gasteiger partial charge in [-0.3, -0.25) is 4.79 Å². The van der Waals surface area contributed by atoms with Gasteiger partial charge in [-0.25, -0.2) is 9.59 Å². The first kappa shape index (κ1) is 15.2. The normalized spacial score (nSPS) is 16.4. The van der Waals surface area contributed by atoms with E-state index in [1.165, 1.54) is 11.9 Å². The molecule has 1 heterocycles. The van der Waals surface area contributed by atoms with E-state index in [2.05, 4.69) is 10.6 Å². The lowest BCUT2D eigenvalue weighted by Gasteiger charge is -2.46. The van der Waals surface area contributed by atoms with Gasteiger partial charge in [0, 0.05) is 20.0 Å². The zero-order valence-corrected chi connectivity index (χ0v) is 11.1. The number of likely N-dealkylation sites (tertiary alicyclic amines) is 1. The second-order valence-electron chi connectivity index (χ2n) is 4.64. The molecule has 8 nitrogen and oxygen atoms in total. The zero-order chi connectivity index (χ0) is 14.5. The van der Waals surface area contributed by atoms with Crippen molar-refractivity contribution in [3.63, 3.8) is 0 Å².